The minimum atomic E-state index is -3.87. The van der Waals surface area contributed by atoms with Crippen molar-refractivity contribution in [3.05, 3.63) is 130 Å². The lowest BCUT2D eigenvalue weighted by molar-refractivity contribution is 0.0988. The predicted molar refractivity (Wildman–Crippen MR) is 120 cm³/mol. The molecule has 0 spiro atoms. The Morgan fingerprint density at radius 1 is 0.516 bits per heavy atom. The van der Waals surface area contributed by atoms with E-state index in [4.69, 9.17) is 0 Å². The zero-order chi connectivity index (χ0) is 21.6. The molecule has 4 nitrogen and oxygen atoms in total. The molecule has 150 valence electrons. The molecule has 3 aromatic carbocycles. The highest BCUT2D eigenvalue weighted by molar-refractivity contribution is 8.09. The minimum absolute atomic E-state index is 0.00189. The van der Waals surface area contributed by atoms with E-state index in [-0.39, 0.29) is 26.9 Å². The number of benzene rings is 3. The van der Waals surface area contributed by atoms with Gasteiger partial charge in [0.25, 0.3) is 0 Å². The summed E-state index contributed by atoms with van der Waals surface area (Å²) < 4.78 is 27.1. The molecule has 1 heterocycles. The maximum Gasteiger partial charge on any atom is 0.207 e. The van der Waals surface area contributed by atoms with Crippen LogP contribution in [0.2, 0.25) is 0 Å². The van der Waals surface area contributed by atoms with Gasteiger partial charge < -0.3 is 0 Å². The van der Waals surface area contributed by atoms with Crippen molar-refractivity contribution in [3.8, 4) is 0 Å². The fourth-order valence-corrected chi connectivity index (χ4v) is 5.63. The van der Waals surface area contributed by atoms with Gasteiger partial charge in [0.2, 0.25) is 9.84 Å². The van der Waals surface area contributed by atoms with E-state index >= 15 is 0 Å². The Morgan fingerprint density at radius 2 is 0.903 bits per heavy atom. The molecule has 2 aliphatic rings. The molecular weight excluding hydrogens is 408 g/mol. The Hall–Kier alpha value is -3.83. The average molecular weight is 424 g/mol. The van der Waals surface area contributed by atoms with Gasteiger partial charge in [-0.05, 0) is 28.9 Å². The molecule has 0 N–H and O–H groups in total. The first-order valence-corrected chi connectivity index (χ1v) is 11.2. The van der Waals surface area contributed by atoms with Crippen LogP contribution in [0.3, 0.4) is 0 Å². The second-order valence-electron chi connectivity index (χ2n) is 7.29. The molecule has 31 heavy (non-hydrogen) atoms. The highest BCUT2D eigenvalue weighted by atomic mass is 32.2. The second-order valence-corrected chi connectivity index (χ2v) is 9.17. The van der Waals surface area contributed by atoms with Gasteiger partial charge in [0.05, 0.1) is 15.4 Å². The van der Waals surface area contributed by atoms with Crippen molar-refractivity contribution < 1.29 is 18.0 Å². The summed E-state index contributed by atoms with van der Waals surface area (Å²) in [6, 6.07) is 24.1. The van der Waals surface area contributed by atoms with Crippen molar-refractivity contribution in [2.45, 2.75) is 0 Å². The van der Waals surface area contributed by atoms with Crippen LogP contribution < -0.4 is 0 Å². The van der Waals surface area contributed by atoms with E-state index in [2.05, 4.69) is 0 Å². The number of Topliss-reactive ketones (excluding diaryl/α,β-unsaturated/α-hetero) is 2. The molecule has 1 aliphatic carbocycles. The van der Waals surface area contributed by atoms with Crippen molar-refractivity contribution >= 4 is 31.2 Å². The molecule has 1 aliphatic heterocycles. The molecule has 0 aromatic heterocycles. The third kappa shape index (κ3) is 3.02. The number of allylic oxidation sites excluding steroid dienone is 4. The molecule has 0 saturated carbocycles. The smallest absolute Gasteiger partial charge is 0.207 e. The molecule has 0 bridgehead atoms. The van der Waals surface area contributed by atoms with Crippen LogP contribution in [0.5, 0.6) is 0 Å². The van der Waals surface area contributed by atoms with Gasteiger partial charge in [0, 0.05) is 11.1 Å². The maximum absolute atomic E-state index is 13.5. The van der Waals surface area contributed by atoms with Crippen molar-refractivity contribution in [1.82, 2.24) is 0 Å². The van der Waals surface area contributed by atoms with E-state index in [1.807, 2.05) is 0 Å². The summed E-state index contributed by atoms with van der Waals surface area (Å²) in [7, 11) is -3.87. The fraction of sp³-hybridized carbons (Fsp3) is 0. The Bertz CT molecular complexity index is 1340. The minimum Gasteiger partial charge on any atom is -0.288 e. The van der Waals surface area contributed by atoms with E-state index in [9.17, 15) is 18.0 Å². The van der Waals surface area contributed by atoms with Crippen molar-refractivity contribution in [3.63, 3.8) is 0 Å². The van der Waals surface area contributed by atoms with Gasteiger partial charge in [-0.1, -0.05) is 84.9 Å². The number of rotatable bonds is 2. The third-order valence-electron chi connectivity index (χ3n) is 5.43. The molecule has 3 aromatic rings. The topological polar surface area (TPSA) is 68.3 Å². The van der Waals surface area contributed by atoms with Crippen molar-refractivity contribution in [2.75, 3.05) is 0 Å². The van der Waals surface area contributed by atoms with Gasteiger partial charge >= 0.3 is 0 Å². The molecule has 0 unspecified atom stereocenters. The highest BCUT2D eigenvalue weighted by Crippen LogP contribution is 2.41. The van der Waals surface area contributed by atoms with Crippen LogP contribution in [0.15, 0.2) is 108 Å². The monoisotopic (exact) mass is 424 g/mol. The summed E-state index contributed by atoms with van der Waals surface area (Å²) in [6.07, 6.45) is 2.88. The van der Waals surface area contributed by atoms with E-state index in [0.717, 1.165) is 0 Å². The predicted octanol–water partition coefficient (Wildman–Crippen LogP) is 4.87. The summed E-state index contributed by atoms with van der Waals surface area (Å²) in [6.45, 7) is 0. The largest absolute Gasteiger partial charge is 0.288 e. The summed E-state index contributed by atoms with van der Waals surface area (Å²) in [5.41, 5.74) is 1.98. The molecule has 0 fully saturated rings. The van der Waals surface area contributed by atoms with Gasteiger partial charge in [-0.2, -0.15) is 0 Å². The summed E-state index contributed by atoms with van der Waals surface area (Å²) in [5, 5.41) is 0. The van der Waals surface area contributed by atoms with Crippen molar-refractivity contribution in [1.29, 1.82) is 0 Å². The lowest BCUT2D eigenvalue weighted by Crippen LogP contribution is -2.13. The van der Waals surface area contributed by atoms with Crippen LogP contribution in [0.1, 0.15) is 31.8 Å². The van der Waals surface area contributed by atoms with Crippen LogP contribution in [-0.2, 0) is 9.84 Å². The van der Waals surface area contributed by atoms with Gasteiger partial charge in [-0.15, -0.1) is 0 Å². The molecule has 0 atom stereocenters. The first-order chi connectivity index (χ1) is 15.0. The maximum atomic E-state index is 13.5. The molecule has 0 radical (unpaired) electrons. The number of carbonyl (C=O) groups is 2. The number of sulfone groups is 1. The highest BCUT2D eigenvalue weighted by Gasteiger charge is 2.37. The summed E-state index contributed by atoms with van der Waals surface area (Å²) in [4.78, 5) is 26.3. The fourth-order valence-electron chi connectivity index (χ4n) is 3.94. The van der Waals surface area contributed by atoms with Gasteiger partial charge in [0.15, 0.2) is 11.6 Å². The second kappa shape index (κ2) is 7.15. The molecular formula is C26H16O4S. The lowest BCUT2D eigenvalue weighted by Gasteiger charge is -2.19. The third-order valence-corrected chi connectivity index (χ3v) is 7.29. The van der Waals surface area contributed by atoms with Gasteiger partial charge in [0.1, 0.15) is 0 Å². The molecule has 0 amide bonds. The van der Waals surface area contributed by atoms with Gasteiger partial charge in [-0.25, -0.2) is 8.42 Å². The van der Waals surface area contributed by atoms with E-state index in [1.165, 1.54) is 12.2 Å². The van der Waals surface area contributed by atoms with Crippen LogP contribution in [-0.4, -0.2) is 20.0 Å². The first-order valence-electron chi connectivity index (χ1n) is 9.70. The van der Waals surface area contributed by atoms with Crippen LogP contribution in [0.4, 0.5) is 0 Å². The summed E-state index contributed by atoms with van der Waals surface area (Å²) >= 11 is 0. The van der Waals surface area contributed by atoms with E-state index < -0.39 is 9.84 Å². The molecule has 5 heteroatoms. The molecule has 0 saturated heterocycles. The average Bonchev–Trinajstić information content (AvgIpc) is 3.05. The Balaban J connectivity index is 1.81. The number of ketones is 2. The quantitative estimate of drug-likeness (QED) is 0.435. The van der Waals surface area contributed by atoms with Crippen LogP contribution in [0, 0.1) is 0 Å². The van der Waals surface area contributed by atoms with Gasteiger partial charge in [-0.3, -0.25) is 9.59 Å². The Kier molecular flexibility index (Phi) is 4.41. The zero-order valence-corrected chi connectivity index (χ0v) is 17.1. The Labute approximate surface area is 179 Å². The van der Waals surface area contributed by atoms with E-state index in [1.54, 1.807) is 84.9 Å². The van der Waals surface area contributed by atoms with Crippen LogP contribution >= 0.6 is 0 Å². The number of hydrogen-bond donors (Lipinski definition) is 0. The number of hydrogen-bond acceptors (Lipinski definition) is 4. The summed E-state index contributed by atoms with van der Waals surface area (Å²) in [5.74, 6) is -0.774. The van der Waals surface area contributed by atoms with Crippen LogP contribution in [0.25, 0.3) is 9.81 Å². The first kappa shape index (κ1) is 19.2. The number of carbonyl (C=O) groups excluding carboxylic acids is 2. The number of fused-ring (bicyclic) bond motifs is 1. The lowest BCUT2D eigenvalue weighted by atomic mass is 10.00. The zero-order valence-electron chi connectivity index (χ0n) is 16.3. The SMILES string of the molecule is O=C1C(=C2C=C(c3ccccc3)S(=O)(=O)C(c3ccccc3)=C2)C(=O)c2ccccc21. The Morgan fingerprint density at radius 3 is 1.32 bits per heavy atom. The van der Waals surface area contributed by atoms with Crippen molar-refractivity contribution in [2.24, 2.45) is 0 Å². The molecule has 5 rings (SSSR count). The standard InChI is InChI=1S/C26H16O4S/c27-25-20-13-7-8-14-21(20)26(28)24(25)19-15-22(17-9-3-1-4-10-17)31(29,30)23(16-19)18-11-5-2-6-12-18/h1-16H. The normalized spacial score (nSPS) is 17.3. The van der Waals surface area contributed by atoms with E-state index in [0.29, 0.717) is 27.8 Å².